The normalized spacial score (nSPS) is 9.25. The highest BCUT2D eigenvalue weighted by atomic mass is 16.5. The summed E-state index contributed by atoms with van der Waals surface area (Å²) in [5, 5.41) is 17.4. The Morgan fingerprint density at radius 1 is 0.875 bits per heavy atom. The van der Waals surface area contributed by atoms with E-state index < -0.39 is 11.8 Å². The van der Waals surface area contributed by atoms with Gasteiger partial charge in [-0.1, -0.05) is 0 Å². The summed E-state index contributed by atoms with van der Waals surface area (Å²) < 4.78 is 5.23. The average molecular weight is 320 g/mol. The van der Waals surface area contributed by atoms with Crippen LogP contribution in [0.3, 0.4) is 0 Å². The second-order valence-electron chi connectivity index (χ2n) is 4.62. The van der Waals surface area contributed by atoms with Gasteiger partial charge < -0.3 is 4.74 Å². The van der Waals surface area contributed by atoms with Crippen molar-refractivity contribution in [1.29, 1.82) is 10.5 Å². The van der Waals surface area contributed by atoms with Gasteiger partial charge in [-0.05, 0) is 48.5 Å². The van der Waals surface area contributed by atoms with Gasteiger partial charge in [0.2, 0.25) is 0 Å². The van der Waals surface area contributed by atoms with E-state index in [9.17, 15) is 9.59 Å². The van der Waals surface area contributed by atoms with Crippen LogP contribution in [0.25, 0.3) is 0 Å². The van der Waals surface area contributed by atoms with Gasteiger partial charge in [0.25, 0.3) is 11.8 Å². The van der Waals surface area contributed by atoms with Gasteiger partial charge in [-0.2, -0.15) is 10.5 Å². The van der Waals surface area contributed by atoms with E-state index in [0.717, 1.165) is 0 Å². The molecule has 2 aromatic carbocycles. The zero-order chi connectivity index (χ0) is 17.4. The number of nitriles is 2. The zero-order valence-corrected chi connectivity index (χ0v) is 12.4. The number of hydrogen-bond acceptors (Lipinski definition) is 5. The Morgan fingerprint density at radius 3 is 1.96 bits per heavy atom. The molecule has 0 saturated carbocycles. The molecule has 2 amide bonds. The van der Waals surface area contributed by atoms with E-state index >= 15 is 0 Å². The van der Waals surface area contributed by atoms with Gasteiger partial charge in [-0.15, -0.1) is 0 Å². The number of ether oxygens (including phenoxy) is 1. The fourth-order valence-electron chi connectivity index (χ4n) is 1.71. The van der Waals surface area contributed by atoms with Crippen LogP contribution in [-0.4, -0.2) is 18.4 Å². The number of benzene rings is 2. The number of rotatable bonds is 4. The minimum atomic E-state index is -0.540. The number of hydrogen-bond donors (Lipinski definition) is 2. The quantitative estimate of drug-likeness (QED) is 0.823. The summed E-state index contributed by atoms with van der Waals surface area (Å²) in [4.78, 5) is 23.4. The van der Waals surface area contributed by atoms with Crippen molar-refractivity contribution >= 4 is 11.8 Å². The molecule has 0 saturated heterocycles. The van der Waals surface area contributed by atoms with Crippen molar-refractivity contribution in [2.24, 2.45) is 0 Å². The zero-order valence-electron chi connectivity index (χ0n) is 12.4. The lowest BCUT2D eigenvalue weighted by atomic mass is 10.1. The number of hydrazine groups is 1. The lowest BCUT2D eigenvalue weighted by Gasteiger charge is -2.09. The highest BCUT2D eigenvalue weighted by molar-refractivity contribution is 5.95. The molecule has 0 spiro atoms. The molecular formula is C17H12N4O3. The molecule has 7 heteroatoms. The molecule has 2 rings (SSSR count). The van der Waals surface area contributed by atoms with E-state index in [1.165, 1.54) is 24.3 Å². The molecule has 0 aliphatic carbocycles. The average Bonchev–Trinajstić information content (AvgIpc) is 2.64. The van der Waals surface area contributed by atoms with Gasteiger partial charge in [0.05, 0.1) is 23.3 Å². The molecule has 2 aromatic rings. The van der Waals surface area contributed by atoms with Gasteiger partial charge >= 0.3 is 0 Å². The molecule has 0 atom stereocenters. The molecular weight excluding hydrogens is 308 g/mol. The Balaban J connectivity index is 1.78. The van der Waals surface area contributed by atoms with Crippen molar-refractivity contribution in [1.82, 2.24) is 10.9 Å². The van der Waals surface area contributed by atoms with Gasteiger partial charge in [-0.3, -0.25) is 20.4 Å². The predicted molar refractivity (Wildman–Crippen MR) is 83.4 cm³/mol. The lowest BCUT2D eigenvalue weighted by Crippen LogP contribution is -2.43. The molecule has 0 aliphatic heterocycles. The first-order valence-electron chi connectivity index (χ1n) is 6.84. The third-order valence-electron chi connectivity index (χ3n) is 2.94. The van der Waals surface area contributed by atoms with Crippen molar-refractivity contribution in [3.05, 3.63) is 65.2 Å². The van der Waals surface area contributed by atoms with Crippen LogP contribution in [-0.2, 0) is 4.79 Å². The van der Waals surface area contributed by atoms with E-state index in [4.69, 9.17) is 15.3 Å². The van der Waals surface area contributed by atoms with Crippen LogP contribution in [0.5, 0.6) is 5.75 Å². The number of carbonyl (C=O) groups excluding carboxylic acids is 2. The molecule has 0 aliphatic rings. The number of amides is 2. The first-order valence-corrected chi connectivity index (χ1v) is 6.84. The molecule has 0 bridgehead atoms. The number of carbonyl (C=O) groups is 2. The van der Waals surface area contributed by atoms with Crippen molar-refractivity contribution < 1.29 is 14.3 Å². The topological polar surface area (TPSA) is 115 Å². The SMILES string of the molecule is N#Cc1ccc(OCC(=O)NNC(=O)c2ccc(C#N)cc2)cc1. The summed E-state index contributed by atoms with van der Waals surface area (Å²) in [6, 6.07) is 16.2. The highest BCUT2D eigenvalue weighted by Gasteiger charge is 2.08. The molecule has 2 N–H and O–H groups in total. The van der Waals surface area contributed by atoms with Crippen molar-refractivity contribution in [2.45, 2.75) is 0 Å². The summed E-state index contributed by atoms with van der Waals surface area (Å²) >= 11 is 0. The Kier molecular flexibility index (Phi) is 5.49. The summed E-state index contributed by atoms with van der Waals surface area (Å²) in [6.07, 6.45) is 0. The molecule has 0 heterocycles. The third kappa shape index (κ3) is 4.58. The number of nitrogens with zero attached hydrogens (tertiary/aromatic N) is 2. The first-order chi connectivity index (χ1) is 11.6. The summed E-state index contributed by atoms with van der Waals surface area (Å²) in [7, 11) is 0. The number of nitrogens with one attached hydrogen (secondary N) is 2. The van der Waals surface area contributed by atoms with E-state index in [2.05, 4.69) is 10.9 Å². The molecule has 0 fully saturated rings. The first kappa shape index (κ1) is 16.5. The molecule has 118 valence electrons. The Labute approximate surface area is 138 Å². The van der Waals surface area contributed by atoms with Crippen LogP contribution in [0.4, 0.5) is 0 Å². The molecule has 0 unspecified atom stereocenters. The predicted octanol–water partition coefficient (Wildman–Crippen LogP) is 1.27. The Hall–Kier alpha value is -3.84. The van der Waals surface area contributed by atoms with E-state index in [1.54, 1.807) is 24.3 Å². The maximum absolute atomic E-state index is 11.8. The van der Waals surface area contributed by atoms with E-state index in [0.29, 0.717) is 22.4 Å². The van der Waals surface area contributed by atoms with Gasteiger partial charge in [0, 0.05) is 5.56 Å². The maximum atomic E-state index is 11.8. The summed E-state index contributed by atoms with van der Waals surface area (Å²) in [5.41, 5.74) is 5.70. The van der Waals surface area contributed by atoms with Crippen molar-refractivity contribution in [3.63, 3.8) is 0 Å². The molecule has 24 heavy (non-hydrogen) atoms. The lowest BCUT2D eigenvalue weighted by molar-refractivity contribution is -0.123. The van der Waals surface area contributed by atoms with Crippen LogP contribution in [0.15, 0.2) is 48.5 Å². The van der Waals surface area contributed by atoms with Gasteiger partial charge in [0.15, 0.2) is 6.61 Å². The van der Waals surface area contributed by atoms with Crippen LogP contribution in [0.1, 0.15) is 21.5 Å². The Bertz CT molecular complexity index is 815. The summed E-state index contributed by atoms with van der Waals surface area (Å²) in [6.45, 7) is -0.292. The summed E-state index contributed by atoms with van der Waals surface area (Å²) in [5.74, 6) is -0.616. The van der Waals surface area contributed by atoms with E-state index in [-0.39, 0.29) is 6.61 Å². The van der Waals surface area contributed by atoms with Crippen molar-refractivity contribution in [2.75, 3.05) is 6.61 Å². The van der Waals surface area contributed by atoms with E-state index in [1.807, 2.05) is 12.1 Å². The molecule has 7 nitrogen and oxygen atoms in total. The maximum Gasteiger partial charge on any atom is 0.276 e. The molecule has 0 radical (unpaired) electrons. The second-order valence-corrected chi connectivity index (χ2v) is 4.62. The Morgan fingerprint density at radius 2 is 1.42 bits per heavy atom. The minimum absolute atomic E-state index is 0.292. The fraction of sp³-hybridized carbons (Fsp3) is 0.0588. The smallest absolute Gasteiger partial charge is 0.276 e. The molecule has 0 aromatic heterocycles. The monoisotopic (exact) mass is 320 g/mol. The van der Waals surface area contributed by atoms with Crippen LogP contribution >= 0.6 is 0 Å². The van der Waals surface area contributed by atoms with Crippen LogP contribution in [0.2, 0.25) is 0 Å². The second kappa shape index (κ2) is 7.97. The van der Waals surface area contributed by atoms with Crippen LogP contribution < -0.4 is 15.6 Å². The largest absolute Gasteiger partial charge is 0.484 e. The highest BCUT2D eigenvalue weighted by Crippen LogP contribution is 2.11. The standard InChI is InChI=1S/C17H12N4O3/c18-9-12-1-5-14(6-2-12)17(23)21-20-16(22)11-24-15-7-3-13(10-19)4-8-15/h1-8H,11H2,(H,20,22)(H,21,23). The minimum Gasteiger partial charge on any atom is -0.484 e. The van der Waals surface area contributed by atoms with Crippen molar-refractivity contribution in [3.8, 4) is 17.9 Å². The van der Waals surface area contributed by atoms with Gasteiger partial charge in [0.1, 0.15) is 5.75 Å². The van der Waals surface area contributed by atoms with Gasteiger partial charge in [-0.25, -0.2) is 0 Å². The van der Waals surface area contributed by atoms with Crippen LogP contribution in [0, 0.1) is 22.7 Å². The fourth-order valence-corrected chi connectivity index (χ4v) is 1.71. The third-order valence-corrected chi connectivity index (χ3v) is 2.94.